The van der Waals surface area contributed by atoms with Crippen LogP contribution >= 0.6 is 11.3 Å². The summed E-state index contributed by atoms with van der Waals surface area (Å²) in [7, 11) is 0. The van der Waals surface area contributed by atoms with Crippen LogP contribution in [0.15, 0.2) is 48.1 Å². The highest BCUT2D eigenvalue weighted by atomic mass is 32.1. The zero-order valence-electron chi connectivity index (χ0n) is 14.4. The van der Waals surface area contributed by atoms with Gasteiger partial charge in [0.05, 0.1) is 18.0 Å². The van der Waals surface area contributed by atoms with Gasteiger partial charge in [0.25, 0.3) is 5.91 Å². The molecule has 1 aliphatic rings. The standard InChI is InChI=1S/C19H20N4O2S/c1-13-9-16(24)7-8-22(13)19(25)17-12-26-18(21-17)14-10-20-23(11-14)15-5-3-2-4-6-15/h2-6,10-13,16,24H,7-9H2,1H3/t13-,16-/m0/s1. The van der Waals surface area contributed by atoms with Gasteiger partial charge in [-0.3, -0.25) is 4.79 Å². The molecule has 1 N–H and O–H groups in total. The molecule has 1 amide bonds. The molecule has 1 fully saturated rings. The van der Waals surface area contributed by atoms with Crippen molar-refractivity contribution in [1.29, 1.82) is 0 Å². The Bertz CT molecular complexity index is 905. The second-order valence-electron chi connectivity index (χ2n) is 6.57. The van der Waals surface area contributed by atoms with Gasteiger partial charge >= 0.3 is 0 Å². The topological polar surface area (TPSA) is 71.2 Å². The van der Waals surface area contributed by atoms with Gasteiger partial charge in [-0.05, 0) is 31.9 Å². The molecule has 2 atom stereocenters. The molecule has 0 bridgehead atoms. The Morgan fingerprint density at radius 1 is 1.31 bits per heavy atom. The maximum absolute atomic E-state index is 12.8. The molecule has 3 aromatic rings. The summed E-state index contributed by atoms with van der Waals surface area (Å²) in [5.74, 6) is -0.0673. The van der Waals surface area contributed by atoms with Crippen molar-refractivity contribution >= 4 is 17.2 Å². The van der Waals surface area contributed by atoms with Crippen LogP contribution in [0.1, 0.15) is 30.3 Å². The first kappa shape index (κ1) is 16.9. The number of nitrogens with zero attached hydrogens (tertiary/aromatic N) is 4. The van der Waals surface area contributed by atoms with Gasteiger partial charge in [-0.1, -0.05) is 18.2 Å². The molecule has 1 saturated heterocycles. The smallest absolute Gasteiger partial charge is 0.273 e. The maximum Gasteiger partial charge on any atom is 0.273 e. The number of carbonyl (C=O) groups is 1. The van der Waals surface area contributed by atoms with Crippen molar-refractivity contribution in [3.63, 3.8) is 0 Å². The van der Waals surface area contributed by atoms with Crippen molar-refractivity contribution in [3.8, 4) is 16.3 Å². The zero-order valence-corrected chi connectivity index (χ0v) is 15.3. The second kappa shape index (κ2) is 7.01. The molecular formula is C19H20N4O2S. The first-order valence-electron chi connectivity index (χ1n) is 8.67. The van der Waals surface area contributed by atoms with Gasteiger partial charge in [0.1, 0.15) is 10.7 Å². The number of likely N-dealkylation sites (tertiary alicyclic amines) is 1. The predicted octanol–water partition coefficient (Wildman–Crippen LogP) is 2.98. The van der Waals surface area contributed by atoms with Gasteiger partial charge in [-0.2, -0.15) is 5.10 Å². The van der Waals surface area contributed by atoms with E-state index in [1.165, 1.54) is 11.3 Å². The summed E-state index contributed by atoms with van der Waals surface area (Å²) >= 11 is 1.44. The summed E-state index contributed by atoms with van der Waals surface area (Å²) in [6, 6.07) is 9.89. The highest BCUT2D eigenvalue weighted by Crippen LogP contribution is 2.26. The van der Waals surface area contributed by atoms with Crippen molar-refractivity contribution < 1.29 is 9.90 Å². The van der Waals surface area contributed by atoms with Crippen LogP contribution in [0.3, 0.4) is 0 Å². The lowest BCUT2D eigenvalue weighted by Gasteiger charge is -2.35. The van der Waals surface area contributed by atoms with Crippen LogP contribution in [0.25, 0.3) is 16.3 Å². The molecule has 0 radical (unpaired) electrons. The lowest BCUT2D eigenvalue weighted by Crippen LogP contribution is -2.46. The number of benzene rings is 1. The molecule has 0 saturated carbocycles. The number of para-hydroxylation sites is 1. The van der Waals surface area contributed by atoms with E-state index in [2.05, 4.69) is 10.1 Å². The van der Waals surface area contributed by atoms with Crippen molar-refractivity contribution in [2.24, 2.45) is 0 Å². The highest BCUT2D eigenvalue weighted by molar-refractivity contribution is 7.13. The molecule has 4 rings (SSSR count). The van der Waals surface area contributed by atoms with Gasteiger partial charge in [0.2, 0.25) is 0 Å². The summed E-state index contributed by atoms with van der Waals surface area (Å²) in [5.41, 5.74) is 2.33. The van der Waals surface area contributed by atoms with Crippen LogP contribution in [-0.2, 0) is 0 Å². The molecule has 7 heteroatoms. The van der Waals surface area contributed by atoms with E-state index in [0.717, 1.165) is 16.3 Å². The van der Waals surface area contributed by atoms with Gasteiger partial charge in [0.15, 0.2) is 0 Å². The molecule has 26 heavy (non-hydrogen) atoms. The third-order valence-electron chi connectivity index (χ3n) is 4.68. The molecule has 3 heterocycles. The third kappa shape index (κ3) is 3.27. The van der Waals surface area contributed by atoms with E-state index in [9.17, 15) is 9.90 Å². The van der Waals surface area contributed by atoms with E-state index in [0.29, 0.717) is 25.1 Å². The van der Waals surface area contributed by atoms with E-state index in [1.807, 2.05) is 43.5 Å². The zero-order chi connectivity index (χ0) is 18.1. The van der Waals surface area contributed by atoms with E-state index in [4.69, 9.17) is 0 Å². The lowest BCUT2D eigenvalue weighted by atomic mass is 10.0. The number of rotatable bonds is 3. The summed E-state index contributed by atoms with van der Waals surface area (Å²) in [4.78, 5) is 19.1. The van der Waals surface area contributed by atoms with Crippen LogP contribution in [0.4, 0.5) is 0 Å². The Balaban J connectivity index is 1.53. The largest absolute Gasteiger partial charge is 0.393 e. The fourth-order valence-electron chi connectivity index (χ4n) is 3.26. The van der Waals surface area contributed by atoms with Gasteiger partial charge in [-0.25, -0.2) is 9.67 Å². The van der Waals surface area contributed by atoms with Crippen molar-refractivity contribution in [1.82, 2.24) is 19.7 Å². The van der Waals surface area contributed by atoms with E-state index < -0.39 is 0 Å². The highest BCUT2D eigenvalue weighted by Gasteiger charge is 2.29. The Hall–Kier alpha value is -2.51. The summed E-state index contributed by atoms with van der Waals surface area (Å²) in [6.07, 6.45) is 4.61. The number of aliphatic hydroxyl groups is 1. The van der Waals surface area contributed by atoms with Crippen LogP contribution in [0.5, 0.6) is 0 Å². The Kier molecular flexibility index (Phi) is 4.57. The van der Waals surface area contributed by atoms with Gasteiger partial charge in [-0.15, -0.1) is 11.3 Å². The minimum atomic E-state index is -0.316. The molecular weight excluding hydrogens is 348 g/mol. The number of piperidine rings is 1. The number of hydrogen-bond donors (Lipinski definition) is 1. The summed E-state index contributed by atoms with van der Waals surface area (Å²) < 4.78 is 1.80. The molecule has 2 aromatic heterocycles. The van der Waals surface area contributed by atoms with E-state index in [1.54, 1.807) is 21.2 Å². The van der Waals surface area contributed by atoms with E-state index in [-0.39, 0.29) is 18.1 Å². The number of thiazole rings is 1. The quantitative estimate of drug-likeness (QED) is 0.771. The molecule has 0 unspecified atom stereocenters. The normalized spacial score (nSPS) is 20.3. The first-order chi connectivity index (χ1) is 12.6. The van der Waals surface area contributed by atoms with Crippen LogP contribution in [0.2, 0.25) is 0 Å². The monoisotopic (exact) mass is 368 g/mol. The number of aromatic nitrogens is 3. The number of carbonyl (C=O) groups excluding carboxylic acids is 1. The summed E-state index contributed by atoms with van der Waals surface area (Å²) in [6.45, 7) is 2.54. The molecule has 1 aliphatic heterocycles. The second-order valence-corrected chi connectivity index (χ2v) is 7.43. The van der Waals surface area contributed by atoms with Gasteiger partial charge < -0.3 is 10.0 Å². The SMILES string of the molecule is C[C@H]1C[C@@H](O)CCN1C(=O)c1csc(-c2cnn(-c3ccccc3)c2)n1. The van der Waals surface area contributed by atoms with Crippen molar-refractivity contribution in [3.05, 3.63) is 53.8 Å². The Morgan fingerprint density at radius 3 is 2.88 bits per heavy atom. The fourth-order valence-corrected chi connectivity index (χ4v) is 4.03. The van der Waals surface area contributed by atoms with Crippen molar-refractivity contribution in [2.75, 3.05) is 6.54 Å². The van der Waals surface area contributed by atoms with Crippen LogP contribution < -0.4 is 0 Å². The molecule has 0 spiro atoms. The first-order valence-corrected chi connectivity index (χ1v) is 9.55. The predicted molar refractivity (Wildman–Crippen MR) is 100 cm³/mol. The molecule has 0 aliphatic carbocycles. The summed E-state index contributed by atoms with van der Waals surface area (Å²) in [5, 5.41) is 16.7. The number of hydrogen-bond acceptors (Lipinski definition) is 5. The van der Waals surface area contributed by atoms with E-state index >= 15 is 0 Å². The number of aliphatic hydroxyl groups excluding tert-OH is 1. The molecule has 134 valence electrons. The average Bonchev–Trinajstić information content (AvgIpc) is 3.31. The average molecular weight is 368 g/mol. The molecule has 1 aromatic carbocycles. The third-order valence-corrected chi connectivity index (χ3v) is 5.57. The minimum Gasteiger partial charge on any atom is -0.393 e. The molecule has 6 nitrogen and oxygen atoms in total. The lowest BCUT2D eigenvalue weighted by molar-refractivity contribution is 0.0361. The van der Waals surface area contributed by atoms with Crippen molar-refractivity contribution in [2.45, 2.75) is 31.9 Å². The van der Waals surface area contributed by atoms with Crippen LogP contribution in [-0.4, -0.2) is 49.4 Å². The van der Waals surface area contributed by atoms with Crippen LogP contribution in [0, 0.1) is 0 Å². The fraction of sp³-hybridized carbons (Fsp3) is 0.316. The van der Waals surface area contributed by atoms with Gasteiger partial charge in [0, 0.05) is 29.7 Å². The Morgan fingerprint density at radius 2 is 2.12 bits per heavy atom. The maximum atomic E-state index is 12.8. The Labute approximate surface area is 155 Å². The number of amides is 1. The minimum absolute atomic E-state index is 0.0252.